The summed E-state index contributed by atoms with van der Waals surface area (Å²) in [6.45, 7) is 6.34. The van der Waals surface area contributed by atoms with E-state index >= 15 is 0 Å². The molecular formula is C14H18N6S. The molecule has 0 aliphatic heterocycles. The number of fused-ring (bicyclic) bond motifs is 1. The third-order valence-corrected chi connectivity index (χ3v) is 4.49. The van der Waals surface area contributed by atoms with Crippen molar-refractivity contribution in [1.29, 1.82) is 0 Å². The molecule has 3 N–H and O–H groups in total. The van der Waals surface area contributed by atoms with E-state index in [0.29, 0.717) is 11.8 Å². The zero-order valence-electron chi connectivity index (χ0n) is 12.5. The van der Waals surface area contributed by atoms with E-state index in [1.165, 1.54) is 15.3 Å². The molecule has 0 bridgehead atoms. The standard InChI is InChI=1S/C14H18N6S/c1-7-5-10(9(3)21-7)8(2)17-14-18-12(15)11-6-16-20(4)13(11)19-14/h5-6,8H,1-4H3,(H3,15,17,18,19). The number of nitrogens with one attached hydrogen (secondary N) is 1. The summed E-state index contributed by atoms with van der Waals surface area (Å²) in [6, 6.07) is 2.32. The minimum atomic E-state index is 0.125. The van der Waals surface area contributed by atoms with Gasteiger partial charge in [-0.2, -0.15) is 15.1 Å². The first-order valence-corrected chi connectivity index (χ1v) is 7.56. The fourth-order valence-electron chi connectivity index (χ4n) is 2.46. The molecule has 3 aromatic rings. The Morgan fingerprint density at radius 1 is 1.33 bits per heavy atom. The van der Waals surface area contributed by atoms with Crippen LogP contribution in [0.3, 0.4) is 0 Å². The van der Waals surface area contributed by atoms with Gasteiger partial charge in [0, 0.05) is 16.8 Å². The highest BCUT2D eigenvalue weighted by atomic mass is 32.1. The number of hydrogen-bond donors (Lipinski definition) is 2. The highest BCUT2D eigenvalue weighted by molar-refractivity contribution is 7.12. The van der Waals surface area contributed by atoms with Gasteiger partial charge in [-0.25, -0.2) is 0 Å². The van der Waals surface area contributed by atoms with Crippen LogP contribution in [-0.2, 0) is 7.05 Å². The fraction of sp³-hybridized carbons (Fsp3) is 0.357. The first-order valence-electron chi connectivity index (χ1n) is 6.74. The first kappa shape index (κ1) is 13.8. The lowest BCUT2D eigenvalue weighted by Crippen LogP contribution is -2.11. The van der Waals surface area contributed by atoms with Crippen LogP contribution in [0.1, 0.15) is 28.3 Å². The summed E-state index contributed by atoms with van der Waals surface area (Å²) >= 11 is 1.80. The number of anilines is 2. The van der Waals surface area contributed by atoms with Crippen LogP contribution >= 0.6 is 11.3 Å². The number of aryl methyl sites for hydroxylation is 3. The largest absolute Gasteiger partial charge is 0.383 e. The minimum Gasteiger partial charge on any atom is -0.383 e. The van der Waals surface area contributed by atoms with Crippen LogP contribution in [0.5, 0.6) is 0 Å². The summed E-state index contributed by atoms with van der Waals surface area (Å²) in [6.07, 6.45) is 1.68. The Kier molecular flexibility index (Phi) is 3.29. The van der Waals surface area contributed by atoms with Gasteiger partial charge in [-0.3, -0.25) is 4.68 Å². The van der Waals surface area contributed by atoms with Gasteiger partial charge >= 0.3 is 0 Å². The Labute approximate surface area is 127 Å². The number of nitrogens with two attached hydrogens (primary N) is 1. The molecule has 6 nitrogen and oxygen atoms in total. The third-order valence-electron chi connectivity index (χ3n) is 3.51. The van der Waals surface area contributed by atoms with Crippen molar-refractivity contribution in [1.82, 2.24) is 19.7 Å². The summed E-state index contributed by atoms with van der Waals surface area (Å²) in [5.74, 6) is 0.973. The van der Waals surface area contributed by atoms with Gasteiger partial charge in [-0.1, -0.05) is 0 Å². The average molecular weight is 302 g/mol. The van der Waals surface area contributed by atoms with E-state index in [2.05, 4.69) is 47.2 Å². The van der Waals surface area contributed by atoms with Gasteiger partial charge < -0.3 is 11.1 Å². The minimum absolute atomic E-state index is 0.125. The van der Waals surface area contributed by atoms with Gasteiger partial charge in [0.2, 0.25) is 5.95 Å². The van der Waals surface area contributed by atoms with E-state index in [9.17, 15) is 0 Å². The molecular weight excluding hydrogens is 284 g/mol. The highest BCUT2D eigenvalue weighted by Gasteiger charge is 2.14. The molecule has 0 fully saturated rings. The molecule has 0 saturated carbocycles. The molecule has 3 aromatic heterocycles. The highest BCUT2D eigenvalue weighted by Crippen LogP contribution is 2.28. The third kappa shape index (κ3) is 2.44. The van der Waals surface area contributed by atoms with E-state index in [1.807, 2.05) is 7.05 Å². The fourth-order valence-corrected chi connectivity index (χ4v) is 3.48. The molecule has 0 aliphatic rings. The average Bonchev–Trinajstić information content (AvgIpc) is 2.93. The van der Waals surface area contributed by atoms with Crippen molar-refractivity contribution in [3.05, 3.63) is 27.6 Å². The number of aromatic nitrogens is 4. The predicted molar refractivity (Wildman–Crippen MR) is 86.5 cm³/mol. The van der Waals surface area contributed by atoms with E-state index in [4.69, 9.17) is 5.73 Å². The molecule has 110 valence electrons. The number of hydrogen-bond acceptors (Lipinski definition) is 6. The molecule has 7 heteroatoms. The Balaban J connectivity index is 1.94. The van der Waals surface area contributed by atoms with Crippen molar-refractivity contribution in [2.24, 2.45) is 7.05 Å². The molecule has 0 amide bonds. The second-order valence-electron chi connectivity index (χ2n) is 5.17. The Hall–Kier alpha value is -2.15. The Bertz CT molecular complexity index is 803. The number of thiophene rings is 1. The van der Waals surface area contributed by atoms with Gasteiger partial charge in [0.25, 0.3) is 0 Å². The van der Waals surface area contributed by atoms with E-state index < -0.39 is 0 Å². The summed E-state index contributed by atoms with van der Waals surface area (Å²) in [5.41, 5.74) is 7.98. The molecule has 1 atom stereocenters. The van der Waals surface area contributed by atoms with E-state index in [-0.39, 0.29) is 6.04 Å². The summed E-state index contributed by atoms with van der Waals surface area (Å²) in [7, 11) is 1.84. The van der Waals surface area contributed by atoms with E-state index in [1.54, 1.807) is 22.2 Å². The molecule has 0 radical (unpaired) electrons. The van der Waals surface area contributed by atoms with E-state index in [0.717, 1.165) is 11.0 Å². The van der Waals surface area contributed by atoms with Crippen molar-refractivity contribution in [2.45, 2.75) is 26.8 Å². The Morgan fingerprint density at radius 3 is 2.76 bits per heavy atom. The van der Waals surface area contributed by atoms with Crippen molar-refractivity contribution in [3.63, 3.8) is 0 Å². The smallest absolute Gasteiger partial charge is 0.227 e. The number of nitrogens with zero attached hydrogens (tertiary/aromatic N) is 4. The maximum absolute atomic E-state index is 5.98. The second kappa shape index (κ2) is 5.00. The van der Waals surface area contributed by atoms with Gasteiger partial charge in [0.15, 0.2) is 5.65 Å². The normalized spacial score (nSPS) is 12.8. The van der Waals surface area contributed by atoms with Crippen LogP contribution in [0.25, 0.3) is 11.0 Å². The Morgan fingerprint density at radius 2 is 2.10 bits per heavy atom. The van der Waals surface area contributed by atoms with Gasteiger partial charge in [-0.05, 0) is 32.4 Å². The van der Waals surface area contributed by atoms with Crippen LogP contribution in [0.4, 0.5) is 11.8 Å². The maximum atomic E-state index is 5.98. The molecule has 3 rings (SSSR count). The van der Waals surface area contributed by atoms with Crippen LogP contribution in [-0.4, -0.2) is 19.7 Å². The molecule has 0 spiro atoms. The molecule has 0 aromatic carbocycles. The van der Waals surface area contributed by atoms with Crippen molar-refractivity contribution in [2.75, 3.05) is 11.1 Å². The summed E-state index contributed by atoms with van der Waals surface area (Å²) in [4.78, 5) is 11.4. The van der Waals surface area contributed by atoms with Crippen molar-refractivity contribution < 1.29 is 0 Å². The molecule has 0 aliphatic carbocycles. The van der Waals surface area contributed by atoms with Crippen LogP contribution < -0.4 is 11.1 Å². The maximum Gasteiger partial charge on any atom is 0.227 e. The van der Waals surface area contributed by atoms with Crippen molar-refractivity contribution >= 4 is 34.1 Å². The lowest BCUT2D eigenvalue weighted by molar-refractivity contribution is 0.783. The number of rotatable bonds is 3. The first-order chi connectivity index (χ1) is 9.95. The zero-order chi connectivity index (χ0) is 15.1. The van der Waals surface area contributed by atoms with Crippen molar-refractivity contribution in [3.8, 4) is 0 Å². The number of nitrogen functional groups attached to an aromatic ring is 1. The summed E-state index contributed by atoms with van der Waals surface area (Å²) in [5, 5.41) is 8.26. The zero-order valence-corrected chi connectivity index (χ0v) is 13.3. The SMILES string of the molecule is Cc1cc(C(C)Nc2nc(N)c3cnn(C)c3n2)c(C)s1. The molecule has 1 unspecified atom stereocenters. The molecule has 21 heavy (non-hydrogen) atoms. The van der Waals surface area contributed by atoms with Gasteiger partial charge in [0.05, 0.1) is 17.6 Å². The summed E-state index contributed by atoms with van der Waals surface area (Å²) < 4.78 is 1.70. The molecule has 0 saturated heterocycles. The lowest BCUT2D eigenvalue weighted by atomic mass is 10.1. The quantitative estimate of drug-likeness (QED) is 0.777. The van der Waals surface area contributed by atoms with Gasteiger partial charge in [-0.15, -0.1) is 11.3 Å². The van der Waals surface area contributed by atoms with Gasteiger partial charge in [0.1, 0.15) is 5.82 Å². The lowest BCUT2D eigenvalue weighted by Gasteiger charge is -2.14. The van der Waals surface area contributed by atoms with Crippen LogP contribution in [0.2, 0.25) is 0 Å². The predicted octanol–water partition coefficient (Wildman–Crippen LogP) is 2.80. The second-order valence-corrected chi connectivity index (χ2v) is 6.63. The monoisotopic (exact) mass is 302 g/mol. The molecule has 3 heterocycles. The topological polar surface area (TPSA) is 81.6 Å². The van der Waals surface area contributed by atoms with Crippen LogP contribution in [0, 0.1) is 13.8 Å². The van der Waals surface area contributed by atoms with Crippen LogP contribution in [0.15, 0.2) is 12.3 Å².